The van der Waals surface area contributed by atoms with Crippen molar-refractivity contribution in [1.82, 2.24) is 9.78 Å². The number of hydrogen-bond acceptors (Lipinski definition) is 6. The minimum absolute atomic E-state index is 0.0314. The number of carbonyl (C=O) groups is 1. The molecule has 1 aromatic rings. The van der Waals surface area contributed by atoms with E-state index < -0.39 is 5.30 Å². The Bertz CT molecular complexity index is 562. The van der Waals surface area contributed by atoms with Gasteiger partial charge in [0.05, 0.1) is 11.4 Å². The lowest BCUT2D eigenvalue weighted by atomic mass is 10.2. The smallest absolute Gasteiger partial charge is 0.372 e. The van der Waals surface area contributed by atoms with E-state index in [1.54, 1.807) is 17.8 Å². The van der Waals surface area contributed by atoms with Crippen LogP contribution in [0.25, 0.3) is 5.70 Å². The molecule has 0 amide bonds. The molecule has 0 aliphatic rings. The summed E-state index contributed by atoms with van der Waals surface area (Å²) in [7, 11) is 1.74. The predicted molar refractivity (Wildman–Crippen MR) is 81.8 cm³/mol. The van der Waals surface area contributed by atoms with E-state index in [-0.39, 0.29) is 16.6 Å². The zero-order chi connectivity index (χ0) is 15.3. The fraction of sp³-hybridized carbons (Fsp3) is 0.333. The van der Waals surface area contributed by atoms with Crippen molar-refractivity contribution >= 4 is 34.4 Å². The minimum Gasteiger partial charge on any atom is -0.416 e. The van der Waals surface area contributed by atoms with Gasteiger partial charge in [-0.15, -0.1) is 0 Å². The second-order valence-corrected chi connectivity index (χ2v) is 5.52. The summed E-state index contributed by atoms with van der Waals surface area (Å²) >= 11 is 6.66. The van der Waals surface area contributed by atoms with Crippen LogP contribution in [0, 0.1) is 6.92 Å². The van der Waals surface area contributed by atoms with Crippen LogP contribution >= 0.6 is 23.4 Å². The molecule has 0 aromatic carbocycles. The van der Waals surface area contributed by atoms with Gasteiger partial charge in [-0.3, -0.25) is 4.68 Å². The topological polar surface area (TPSA) is 96.2 Å². The van der Waals surface area contributed by atoms with Gasteiger partial charge in [0.25, 0.3) is 0 Å². The van der Waals surface area contributed by atoms with Gasteiger partial charge in [-0.2, -0.15) is 5.10 Å². The van der Waals surface area contributed by atoms with E-state index in [0.717, 1.165) is 17.5 Å². The third-order valence-electron chi connectivity index (χ3n) is 2.27. The molecular formula is C12H17ClN4O2S. The van der Waals surface area contributed by atoms with Crippen molar-refractivity contribution in [3.8, 4) is 0 Å². The molecule has 0 saturated heterocycles. The van der Waals surface area contributed by atoms with Gasteiger partial charge in [0.15, 0.2) is 5.76 Å². The molecule has 1 rings (SSSR count). The summed E-state index contributed by atoms with van der Waals surface area (Å²) in [5, 5.41) is 3.68. The predicted octanol–water partition coefficient (Wildman–Crippen LogP) is 2.28. The second-order valence-electron chi connectivity index (χ2n) is 3.89. The number of aromatic nitrogens is 2. The molecule has 0 unspecified atom stereocenters. The van der Waals surface area contributed by atoms with E-state index >= 15 is 0 Å². The third-order valence-corrected chi connectivity index (χ3v) is 2.98. The highest BCUT2D eigenvalue weighted by Gasteiger charge is 2.14. The van der Waals surface area contributed by atoms with Gasteiger partial charge in [0, 0.05) is 18.9 Å². The van der Waals surface area contributed by atoms with E-state index in [9.17, 15) is 4.79 Å². The molecule has 4 N–H and O–H groups in total. The standard InChI is InChI=1S/C12H17ClN4O2S/c1-4-20-12(18)19-9(6-10(13)14)11(15)8-5-7(2)16-17(8)3/h5-6H,4,14-15H2,1-3H3/b10-6-,11-9+. The van der Waals surface area contributed by atoms with E-state index in [1.807, 2.05) is 13.8 Å². The van der Waals surface area contributed by atoms with Gasteiger partial charge in [0.2, 0.25) is 0 Å². The Hall–Kier alpha value is -1.60. The van der Waals surface area contributed by atoms with Crippen LogP contribution in [-0.4, -0.2) is 20.8 Å². The van der Waals surface area contributed by atoms with E-state index in [4.69, 9.17) is 27.8 Å². The van der Waals surface area contributed by atoms with E-state index in [1.165, 1.54) is 6.08 Å². The maximum absolute atomic E-state index is 11.6. The molecule has 0 aliphatic heterocycles. The molecule has 110 valence electrons. The van der Waals surface area contributed by atoms with Crippen molar-refractivity contribution in [3.05, 3.63) is 34.4 Å². The number of hydrogen-bond donors (Lipinski definition) is 2. The summed E-state index contributed by atoms with van der Waals surface area (Å²) in [6.45, 7) is 3.68. The first kappa shape index (κ1) is 16.5. The highest BCUT2D eigenvalue weighted by molar-refractivity contribution is 8.13. The fourth-order valence-electron chi connectivity index (χ4n) is 1.51. The highest BCUT2D eigenvalue weighted by Crippen LogP contribution is 2.20. The van der Waals surface area contributed by atoms with Crippen LogP contribution in [0.2, 0.25) is 0 Å². The quantitative estimate of drug-likeness (QED) is 0.383. The number of allylic oxidation sites excluding steroid dienone is 1. The maximum Gasteiger partial charge on any atom is 0.372 e. The number of nitrogens with zero attached hydrogens (tertiary/aromatic N) is 2. The van der Waals surface area contributed by atoms with Crippen molar-refractivity contribution in [2.75, 3.05) is 5.75 Å². The SMILES string of the molecule is CCSC(=O)OC(/C=C(\N)Cl)=C(/N)c1cc(C)nn1C. The minimum atomic E-state index is -0.474. The van der Waals surface area contributed by atoms with Crippen molar-refractivity contribution in [2.24, 2.45) is 18.5 Å². The van der Waals surface area contributed by atoms with Crippen LogP contribution in [0.5, 0.6) is 0 Å². The lowest BCUT2D eigenvalue weighted by molar-refractivity contribution is 0.208. The Morgan fingerprint density at radius 2 is 2.25 bits per heavy atom. The highest BCUT2D eigenvalue weighted by atomic mass is 35.5. The average molecular weight is 317 g/mol. The van der Waals surface area contributed by atoms with Crippen LogP contribution in [0.3, 0.4) is 0 Å². The average Bonchev–Trinajstić information content (AvgIpc) is 2.66. The number of carbonyl (C=O) groups excluding carboxylic acids is 1. The van der Waals surface area contributed by atoms with Crippen LogP contribution in [0.15, 0.2) is 23.1 Å². The number of rotatable bonds is 4. The van der Waals surface area contributed by atoms with Crippen LogP contribution in [-0.2, 0) is 11.8 Å². The summed E-state index contributed by atoms with van der Waals surface area (Å²) < 4.78 is 6.77. The van der Waals surface area contributed by atoms with Crippen LogP contribution < -0.4 is 11.5 Å². The molecule has 1 heterocycles. The molecule has 0 spiro atoms. The van der Waals surface area contributed by atoms with Crippen molar-refractivity contribution in [1.29, 1.82) is 0 Å². The molecule has 20 heavy (non-hydrogen) atoms. The maximum atomic E-state index is 11.6. The molecule has 0 saturated carbocycles. The Kier molecular flexibility index (Phi) is 5.97. The normalized spacial score (nSPS) is 13.1. The van der Waals surface area contributed by atoms with Gasteiger partial charge in [-0.25, -0.2) is 4.79 Å². The van der Waals surface area contributed by atoms with Gasteiger partial charge < -0.3 is 16.2 Å². The number of ether oxygens (including phenoxy) is 1. The summed E-state index contributed by atoms with van der Waals surface area (Å²) in [5.41, 5.74) is 13.1. The first-order valence-electron chi connectivity index (χ1n) is 5.83. The summed E-state index contributed by atoms with van der Waals surface area (Å²) in [5.74, 6) is 0.697. The second kappa shape index (κ2) is 7.25. The Balaban J connectivity index is 3.20. The Morgan fingerprint density at radius 1 is 1.60 bits per heavy atom. The molecule has 0 fully saturated rings. The molecule has 0 radical (unpaired) electrons. The fourth-order valence-corrected chi connectivity index (χ4v) is 2.00. The Morgan fingerprint density at radius 3 is 2.70 bits per heavy atom. The van der Waals surface area contributed by atoms with Crippen molar-refractivity contribution in [3.63, 3.8) is 0 Å². The van der Waals surface area contributed by atoms with Gasteiger partial charge in [0.1, 0.15) is 10.9 Å². The van der Waals surface area contributed by atoms with Gasteiger partial charge >= 0.3 is 5.30 Å². The number of nitrogens with two attached hydrogens (primary N) is 2. The first-order chi connectivity index (χ1) is 9.35. The largest absolute Gasteiger partial charge is 0.416 e. The number of halogens is 1. The lowest BCUT2D eigenvalue weighted by Crippen LogP contribution is -2.10. The van der Waals surface area contributed by atoms with Crippen LogP contribution in [0.4, 0.5) is 4.79 Å². The zero-order valence-electron chi connectivity index (χ0n) is 11.5. The summed E-state index contributed by atoms with van der Waals surface area (Å²) in [6, 6.07) is 1.77. The van der Waals surface area contributed by atoms with E-state index in [0.29, 0.717) is 11.4 Å². The number of aryl methyl sites for hydroxylation is 2. The molecule has 0 aliphatic carbocycles. The molecule has 0 atom stereocenters. The lowest BCUT2D eigenvalue weighted by Gasteiger charge is -2.09. The third kappa shape index (κ3) is 4.50. The van der Waals surface area contributed by atoms with E-state index in [2.05, 4.69) is 5.10 Å². The van der Waals surface area contributed by atoms with Crippen molar-refractivity contribution < 1.29 is 9.53 Å². The molecular weight excluding hydrogens is 300 g/mol. The van der Waals surface area contributed by atoms with Crippen molar-refractivity contribution in [2.45, 2.75) is 13.8 Å². The number of thioether (sulfide) groups is 1. The molecule has 0 bridgehead atoms. The molecule has 1 aromatic heterocycles. The summed E-state index contributed by atoms with van der Waals surface area (Å²) in [4.78, 5) is 11.6. The van der Waals surface area contributed by atoms with Gasteiger partial charge in [-0.05, 0) is 24.8 Å². The van der Waals surface area contributed by atoms with Gasteiger partial charge in [-0.1, -0.05) is 18.5 Å². The monoisotopic (exact) mass is 316 g/mol. The zero-order valence-corrected chi connectivity index (χ0v) is 13.1. The van der Waals surface area contributed by atoms with Crippen LogP contribution in [0.1, 0.15) is 18.3 Å². The summed E-state index contributed by atoms with van der Waals surface area (Å²) in [6.07, 6.45) is 1.30. The first-order valence-corrected chi connectivity index (χ1v) is 7.19. The Labute approximate surface area is 126 Å². The molecule has 6 nitrogen and oxygen atoms in total. The molecule has 8 heteroatoms.